The van der Waals surface area contributed by atoms with Gasteiger partial charge in [0.2, 0.25) is 0 Å². The molecule has 0 aliphatic carbocycles. The summed E-state index contributed by atoms with van der Waals surface area (Å²) in [5, 5.41) is 0. The summed E-state index contributed by atoms with van der Waals surface area (Å²) in [6.45, 7) is 5.24. The minimum Gasteiger partial charge on any atom is -0.207 e. The van der Waals surface area contributed by atoms with Crippen LogP contribution in [-0.2, 0) is 0 Å². The highest BCUT2D eigenvalue weighted by Gasteiger charge is 1.80. The van der Waals surface area contributed by atoms with E-state index in [4.69, 9.17) is 0 Å². The predicted molar refractivity (Wildman–Crippen MR) is 38.8 cm³/mol. The van der Waals surface area contributed by atoms with E-state index in [1.165, 1.54) is 12.2 Å². The largest absolute Gasteiger partial charge is 0.207 e. The molecule has 0 aliphatic heterocycles. The van der Waals surface area contributed by atoms with Gasteiger partial charge in [-0.05, 0) is 25.5 Å². The molecular formula is C8H11F. The van der Waals surface area contributed by atoms with E-state index >= 15 is 0 Å². The minimum atomic E-state index is -0.197. The number of hydrogen-bond donors (Lipinski definition) is 0. The van der Waals surface area contributed by atoms with Crippen molar-refractivity contribution < 1.29 is 4.39 Å². The number of halogens is 1. The average molecular weight is 126 g/mol. The molecule has 1 heteroatoms. The zero-order valence-electron chi connectivity index (χ0n) is 5.60. The van der Waals surface area contributed by atoms with E-state index in [1.54, 1.807) is 19.1 Å². The highest BCUT2D eigenvalue weighted by Crippen LogP contribution is 1.99. The smallest absolute Gasteiger partial charge is 0.119 e. The monoisotopic (exact) mass is 126 g/mol. The lowest BCUT2D eigenvalue weighted by Crippen LogP contribution is -1.63. The fraction of sp³-hybridized carbons (Fsp3) is 0.250. The molecule has 0 saturated heterocycles. The fourth-order valence-electron chi connectivity index (χ4n) is 0.423. The van der Waals surface area contributed by atoms with Crippen molar-refractivity contribution in [3.63, 3.8) is 0 Å². The molecule has 9 heavy (non-hydrogen) atoms. The molecule has 0 nitrogen and oxygen atoms in total. The molecule has 0 heterocycles. The highest BCUT2D eigenvalue weighted by molar-refractivity contribution is 5.10. The third-order valence-corrected chi connectivity index (χ3v) is 0.805. The van der Waals surface area contributed by atoms with Crippen molar-refractivity contribution >= 4 is 0 Å². The summed E-state index contributed by atoms with van der Waals surface area (Å²) < 4.78 is 12.3. The maximum absolute atomic E-state index is 12.3. The molecule has 50 valence electrons. The Morgan fingerprint density at radius 1 is 1.67 bits per heavy atom. The second-order valence-corrected chi connectivity index (χ2v) is 1.61. The van der Waals surface area contributed by atoms with Gasteiger partial charge in [0.1, 0.15) is 5.83 Å². The normalized spacial score (nSPS) is 12.4. The molecule has 0 N–H and O–H groups in total. The maximum Gasteiger partial charge on any atom is 0.119 e. The molecule has 0 saturated carbocycles. The first-order valence-electron chi connectivity index (χ1n) is 2.90. The minimum absolute atomic E-state index is 0.197. The summed E-state index contributed by atoms with van der Waals surface area (Å²) in [6.07, 6.45) is 6.81. The zero-order chi connectivity index (χ0) is 7.11. The molecule has 0 spiro atoms. The van der Waals surface area contributed by atoms with Crippen LogP contribution in [0.1, 0.15) is 13.3 Å². The average Bonchev–Trinajstić information content (AvgIpc) is 1.85. The van der Waals surface area contributed by atoms with Crippen LogP contribution in [0.2, 0.25) is 0 Å². The fourth-order valence-corrected chi connectivity index (χ4v) is 0.423. The van der Waals surface area contributed by atoms with Crippen LogP contribution in [0.4, 0.5) is 4.39 Å². The summed E-state index contributed by atoms with van der Waals surface area (Å²) in [4.78, 5) is 0. The van der Waals surface area contributed by atoms with Gasteiger partial charge in [0.25, 0.3) is 0 Å². The van der Waals surface area contributed by atoms with Gasteiger partial charge in [-0.1, -0.05) is 12.2 Å². The molecule has 0 unspecified atom stereocenters. The van der Waals surface area contributed by atoms with Gasteiger partial charge in [0.15, 0.2) is 0 Å². The van der Waals surface area contributed by atoms with Crippen molar-refractivity contribution in [3.05, 3.63) is 36.7 Å². The Kier molecular flexibility index (Phi) is 4.79. The van der Waals surface area contributed by atoms with Gasteiger partial charge >= 0.3 is 0 Å². The molecule has 0 aromatic carbocycles. The lowest BCUT2D eigenvalue weighted by molar-refractivity contribution is 0.662. The van der Waals surface area contributed by atoms with Gasteiger partial charge in [-0.15, -0.1) is 6.58 Å². The third-order valence-electron chi connectivity index (χ3n) is 0.805. The van der Waals surface area contributed by atoms with Crippen LogP contribution in [0.15, 0.2) is 36.7 Å². The zero-order valence-corrected chi connectivity index (χ0v) is 5.60. The van der Waals surface area contributed by atoms with Gasteiger partial charge in [-0.25, -0.2) is 4.39 Å². The van der Waals surface area contributed by atoms with Crippen molar-refractivity contribution in [2.45, 2.75) is 13.3 Å². The van der Waals surface area contributed by atoms with Crippen molar-refractivity contribution in [1.82, 2.24) is 0 Å². The molecule has 0 bridgehead atoms. The Morgan fingerprint density at radius 2 is 2.33 bits per heavy atom. The lowest BCUT2D eigenvalue weighted by Gasteiger charge is -1.82. The molecule has 0 radical (unpaired) electrons. The van der Waals surface area contributed by atoms with E-state index < -0.39 is 0 Å². The topological polar surface area (TPSA) is 0 Å². The van der Waals surface area contributed by atoms with Crippen LogP contribution in [0.5, 0.6) is 0 Å². The first-order chi connectivity index (χ1) is 4.31. The Morgan fingerprint density at radius 3 is 2.78 bits per heavy atom. The number of hydrogen-bond acceptors (Lipinski definition) is 0. The van der Waals surface area contributed by atoms with E-state index in [0.29, 0.717) is 6.42 Å². The molecule has 0 atom stereocenters. The van der Waals surface area contributed by atoms with Gasteiger partial charge in [-0.2, -0.15) is 0 Å². The Labute approximate surface area is 55.4 Å². The Hall–Kier alpha value is -0.850. The van der Waals surface area contributed by atoms with Crippen molar-refractivity contribution in [2.24, 2.45) is 0 Å². The quantitative estimate of drug-likeness (QED) is 0.403. The van der Waals surface area contributed by atoms with Crippen LogP contribution in [0, 0.1) is 0 Å². The van der Waals surface area contributed by atoms with Gasteiger partial charge in [-0.3, -0.25) is 0 Å². The summed E-state index contributed by atoms with van der Waals surface area (Å²) >= 11 is 0. The van der Waals surface area contributed by atoms with Gasteiger partial charge in [0.05, 0.1) is 0 Å². The van der Waals surface area contributed by atoms with Crippen LogP contribution >= 0.6 is 0 Å². The first-order valence-corrected chi connectivity index (χ1v) is 2.90. The summed E-state index contributed by atoms with van der Waals surface area (Å²) in [6, 6.07) is 0. The Balaban J connectivity index is 3.68. The van der Waals surface area contributed by atoms with Crippen LogP contribution < -0.4 is 0 Å². The van der Waals surface area contributed by atoms with Gasteiger partial charge in [0, 0.05) is 0 Å². The van der Waals surface area contributed by atoms with E-state index in [-0.39, 0.29) is 5.83 Å². The van der Waals surface area contributed by atoms with E-state index in [2.05, 4.69) is 6.58 Å². The highest BCUT2D eigenvalue weighted by atomic mass is 19.1. The number of rotatable bonds is 3. The molecule has 0 fully saturated rings. The summed E-state index contributed by atoms with van der Waals surface area (Å²) in [5.74, 6) is -0.197. The van der Waals surface area contributed by atoms with Crippen molar-refractivity contribution in [1.29, 1.82) is 0 Å². The third kappa shape index (κ3) is 5.01. The van der Waals surface area contributed by atoms with Crippen LogP contribution in [-0.4, -0.2) is 0 Å². The lowest BCUT2D eigenvalue weighted by atomic mass is 10.3. The van der Waals surface area contributed by atoms with E-state index in [1.807, 2.05) is 0 Å². The predicted octanol–water partition coefficient (Wildman–Crippen LogP) is 2.99. The molecular weight excluding hydrogens is 115 g/mol. The molecule has 0 rings (SSSR count). The first kappa shape index (κ1) is 8.15. The number of allylic oxidation sites excluding steroid dienone is 5. The second kappa shape index (κ2) is 5.29. The van der Waals surface area contributed by atoms with Crippen LogP contribution in [0.3, 0.4) is 0 Å². The van der Waals surface area contributed by atoms with E-state index in [0.717, 1.165) is 0 Å². The van der Waals surface area contributed by atoms with Gasteiger partial charge < -0.3 is 0 Å². The molecule has 0 aromatic heterocycles. The molecule has 0 aliphatic rings. The molecule has 0 amide bonds. The standard InChI is InChI=1S/C8H11F/c1-3-5-7-8(9)6-4-2/h3-4,6-7H,1,5H2,2H3/b6-4-,8-7+. The SMILES string of the molecule is C=CC/C=C(F)\C=C/C. The van der Waals surface area contributed by atoms with Crippen LogP contribution in [0.25, 0.3) is 0 Å². The second-order valence-electron chi connectivity index (χ2n) is 1.61. The Bertz CT molecular complexity index is 132. The van der Waals surface area contributed by atoms with E-state index in [9.17, 15) is 4.39 Å². The van der Waals surface area contributed by atoms with Crippen molar-refractivity contribution in [3.8, 4) is 0 Å². The maximum atomic E-state index is 12.3. The molecule has 0 aromatic rings. The summed E-state index contributed by atoms with van der Waals surface area (Å²) in [5.41, 5.74) is 0. The van der Waals surface area contributed by atoms with Crippen molar-refractivity contribution in [2.75, 3.05) is 0 Å². The summed E-state index contributed by atoms with van der Waals surface area (Å²) in [7, 11) is 0.